The number of rotatable bonds is 11. The van der Waals surface area contributed by atoms with Crippen LogP contribution in [0.1, 0.15) is 73.7 Å². The number of benzene rings is 2. The van der Waals surface area contributed by atoms with Gasteiger partial charge in [-0.25, -0.2) is 14.6 Å². The summed E-state index contributed by atoms with van der Waals surface area (Å²) in [5.74, 6) is 0.460. The van der Waals surface area contributed by atoms with E-state index >= 15 is 0 Å². The lowest BCUT2D eigenvalue weighted by Gasteiger charge is -2.21. The van der Waals surface area contributed by atoms with Gasteiger partial charge in [-0.05, 0) is 54.0 Å². The molecule has 5 rings (SSSR count). The molecule has 2 aromatic carbocycles. The SMILES string of the molecule is CCCCc1nc(Cl)c(C(=O)OCOC(=O)OC2CCCCC2)n1Cc1ccc(-c2ccccc2-c2nn[nH]n2)cc1. The van der Waals surface area contributed by atoms with Gasteiger partial charge in [0.05, 0.1) is 0 Å². The second-order valence-corrected chi connectivity index (χ2v) is 10.5. The lowest BCUT2D eigenvalue weighted by Crippen LogP contribution is -2.23. The van der Waals surface area contributed by atoms with Crippen LogP contribution >= 0.6 is 11.6 Å². The Kier molecular flexibility index (Phi) is 9.81. The zero-order valence-corrected chi connectivity index (χ0v) is 24.2. The largest absolute Gasteiger partial charge is 0.511 e. The average molecular weight is 593 g/mol. The van der Waals surface area contributed by atoms with Gasteiger partial charge in [-0.15, -0.1) is 10.2 Å². The predicted molar refractivity (Wildman–Crippen MR) is 155 cm³/mol. The van der Waals surface area contributed by atoms with Crippen LogP contribution in [0.5, 0.6) is 0 Å². The molecule has 12 heteroatoms. The Morgan fingerprint density at radius 1 is 1.02 bits per heavy atom. The first-order chi connectivity index (χ1) is 20.5. The number of carbonyl (C=O) groups excluding carboxylic acids is 2. The number of aromatic amines is 1. The van der Waals surface area contributed by atoms with Crippen LogP contribution in [0, 0.1) is 0 Å². The molecule has 2 aromatic heterocycles. The molecule has 0 radical (unpaired) electrons. The number of ether oxygens (including phenoxy) is 3. The van der Waals surface area contributed by atoms with Crippen molar-refractivity contribution in [2.45, 2.75) is 70.9 Å². The Hall–Kier alpha value is -4.25. The van der Waals surface area contributed by atoms with E-state index in [1.165, 1.54) is 0 Å². The summed E-state index contributed by atoms with van der Waals surface area (Å²) in [7, 11) is 0. The number of carbonyl (C=O) groups is 2. The number of unbranched alkanes of at least 4 members (excludes halogenated alkanes) is 1. The summed E-state index contributed by atoms with van der Waals surface area (Å²) in [4.78, 5) is 29.6. The highest BCUT2D eigenvalue weighted by Gasteiger charge is 2.25. The number of nitrogens with zero attached hydrogens (tertiary/aromatic N) is 5. The van der Waals surface area contributed by atoms with Gasteiger partial charge in [-0.3, -0.25) is 0 Å². The van der Waals surface area contributed by atoms with E-state index in [1.807, 2.05) is 48.5 Å². The van der Waals surface area contributed by atoms with Gasteiger partial charge in [0, 0.05) is 18.5 Å². The molecule has 1 aliphatic rings. The molecule has 1 fully saturated rings. The topological polar surface area (TPSA) is 134 Å². The first-order valence-electron chi connectivity index (χ1n) is 14.2. The molecular formula is C30H33ClN6O5. The summed E-state index contributed by atoms with van der Waals surface area (Å²) in [6.45, 7) is 1.85. The fraction of sp³-hybridized carbons (Fsp3) is 0.400. The number of aromatic nitrogens is 6. The molecule has 42 heavy (non-hydrogen) atoms. The van der Waals surface area contributed by atoms with Gasteiger partial charge in [0.1, 0.15) is 11.9 Å². The summed E-state index contributed by atoms with van der Waals surface area (Å²) in [5, 5.41) is 14.4. The van der Waals surface area contributed by atoms with E-state index in [0.717, 1.165) is 67.2 Å². The number of esters is 1. The van der Waals surface area contributed by atoms with E-state index in [0.29, 0.717) is 24.6 Å². The van der Waals surface area contributed by atoms with E-state index < -0.39 is 18.9 Å². The second kappa shape index (κ2) is 14.1. The number of imidazole rings is 1. The zero-order chi connectivity index (χ0) is 29.3. The first kappa shape index (κ1) is 29.2. The van der Waals surface area contributed by atoms with Gasteiger partial charge in [-0.2, -0.15) is 5.21 Å². The molecule has 0 bridgehead atoms. The van der Waals surface area contributed by atoms with E-state index in [9.17, 15) is 9.59 Å². The van der Waals surface area contributed by atoms with Gasteiger partial charge < -0.3 is 18.8 Å². The highest BCUT2D eigenvalue weighted by molar-refractivity contribution is 6.32. The van der Waals surface area contributed by atoms with Crippen molar-refractivity contribution >= 4 is 23.7 Å². The van der Waals surface area contributed by atoms with Crippen molar-refractivity contribution in [2.24, 2.45) is 0 Å². The van der Waals surface area contributed by atoms with Crippen LogP contribution in [0.25, 0.3) is 22.5 Å². The van der Waals surface area contributed by atoms with Crippen LogP contribution in [-0.2, 0) is 27.2 Å². The minimum atomic E-state index is -0.848. The molecule has 0 unspecified atom stereocenters. The average Bonchev–Trinajstić information content (AvgIpc) is 3.65. The molecule has 0 saturated heterocycles. The van der Waals surface area contributed by atoms with Gasteiger partial charge in [-0.1, -0.05) is 79.9 Å². The van der Waals surface area contributed by atoms with E-state index in [2.05, 4.69) is 32.5 Å². The number of nitrogens with one attached hydrogen (secondary N) is 1. The number of H-pyrrole nitrogens is 1. The first-order valence-corrected chi connectivity index (χ1v) is 14.6. The highest BCUT2D eigenvalue weighted by atomic mass is 35.5. The lowest BCUT2D eigenvalue weighted by molar-refractivity contribution is -0.0433. The van der Waals surface area contributed by atoms with E-state index in [4.69, 9.17) is 25.8 Å². The Morgan fingerprint density at radius 3 is 2.50 bits per heavy atom. The molecule has 0 amide bonds. The maximum absolute atomic E-state index is 13.1. The molecule has 0 atom stereocenters. The molecule has 0 spiro atoms. The second-order valence-electron chi connectivity index (χ2n) is 10.2. The molecule has 2 heterocycles. The van der Waals surface area contributed by atoms with Crippen molar-refractivity contribution in [1.29, 1.82) is 0 Å². The van der Waals surface area contributed by atoms with Crippen molar-refractivity contribution in [3.8, 4) is 22.5 Å². The Labute approximate surface area is 248 Å². The fourth-order valence-electron chi connectivity index (χ4n) is 5.09. The molecule has 1 N–H and O–H groups in total. The van der Waals surface area contributed by atoms with Crippen molar-refractivity contribution in [3.05, 3.63) is 70.8 Å². The van der Waals surface area contributed by atoms with E-state index in [-0.39, 0.29) is 17.0 Å². The normalized spacial score (nSPS) is 13.6. The monoisotopic (exact) mass is 592 g/mol. The third kappa shape index (κ3) is 7.14. The summed E-state index contributed by atoms with van der Waals surface area (Å²) in [5.41, 5.74) is 3.84. The van der Waals surface area contributed by atoms with Gasteiger partial charge >= 0.3 is 12.1 Å². The van der Waals surface area contributed by atoms with Crippen LogP contribution in [-0.4, -0.2) is 55.2 Å². The van der Waals surface area contributed by atoms with Crippen LogP contribution < -0.4 is 0 Å². The third-order valence-corrected chi connectivity index (χ3v) is 7.52. The maximum atomic E-state index is 13.1. The van der Waals surface area contributed by atoms with Gasteiger partial charge in [0.25, 0.3) is 0 Å². The smallest absolute Gasteiger partial charge is 0.431 e. The number of hydrogen-bond donors (Lipinski definition) is 1. The lowest BCUT2D eigenvalue weighted by atomic mass is 9.98. The Balaban J connectivity index is 1.29. The maximum Gasteiger partial charge on any atom is 0.511 e. The van der Waals surface area contributed by atoms with Crippen molar-refractivity contribution in [2.75, 3.05) is 6.79 Å². The van der Waals surface area contributed by atoms with Crippen molar-refractivity contribution < 1.29 is 23.8 Å². The van der Waals surface area contributed by atoms with Crippen LogP contribution in [0.3, 0.4) is 0 Å². The third-order valence-electron chi connectivity index (χ3n) is 7.25. The molecule has 0 aliphatic heterocycles. The quantitative estimate of drug-likeness (QED) is 0.155. The van der Waals surface area contributed by atoms with Crippen LogP contribution in [0.4, 0.5) is 4.79 Å². The minimum Gasteiger partial charge on any atom is -0.431 e. The summed E-state index contributed by atoms with van der Waals surface area (Å²) in [6, 6.07) is 15.8. The van der Waals surface area contributed by atoms with Crippen LogP contribution in [0.2, 0.25) is 5.15 Å². The number of hydrogen-bond acceptors (Lipinski definition) is 9. The predicted octanol–water partition coefficient (Wildman–Crippen LogP) is 6.37. The molecule has 1 aliphatic carbocycles. The number of tetrazole rings is 1. The number of halogens is 1. The van der Waals surface area contributed by atoms with Crippen LogP contribution in [0.15, 0.2) is 48.5 Å². The van der Waals surface area contributed by atoms with Gasteiger partial charge in [0.15, 0.2) is 10.8 Å². The van der Waals surface area contributed by atoms with Crippen molar-refractivity contribution in [1.82, 2.24) is 30.2 Å². The van der Waals surface area contributed by atoms with E-state index in [1.54, 1.807) is 4.57 Å². The molecule has 220 valence electrons. The summed E-state index contributed by atoms with van der Waals surface area (Å²) < 4.78 is 17.4. The Morgan fingerprint density at radius 2 is 1.79 bits per heavy atom. The molecule has 4 aromatic rings. The summed E-state index contributed by atoms with van der Waals surface area (Å²) in [6.07, 6.45) is 6.28. The standard InChI is InChI=1S/C30H33ClN6O5/c1-2-3-13-25-32-27(31)26(29(38)40-19-41-30(39)42-22-9-5-4-6-10-22)37(25)18-20-14-16-21(17-15-20)23-11-7-8-12-24(23)28-33-35-36-34-28/h7-8,11-12,14-17,22H,2-6,9-10,13,18-19H2,1H3,(H,33,34,35,36). The van der Waals surface area contributed by atoms with Crippen molar-refractivity contribution in [3.63, 3.8) is 0 Å². The zero-order valence-electron chi connectivity index (χ0n) is 23.4. The minimum absolute atomic E-state index is 0.0431. The fourth-order valence-corrected chi connectivity index (χ4v) is 5.36. The van der Waals surface area contributed by atoms with Gasteiger partial charge in [0.2, 0.25) is 12.6 Å². The summed E-state index contributed by atoms with van der Waals surface area (Å²) >= 11 is 6.45. The highest BCUT2D eigenvalue weighted by Crippen LogP contribution is 2.30. The molecule has 11 nitrogen and oxygen atoms in total. The number of aryl methyl sites for hydroxylation is 1. The Bertz CT molecular complexity index is 1480. The molecule has 1 saturated carbocycles. The molecular weight excluding hydrogens is 560 g/mol.